The molecule has 0 spiro atoms. The average Bonchev–Trinajstić information content (AvgIpc) is 3.11. The fraction of sp³-hybridized carbons (Fsp3) is 0.136. The first-order chi connectivity index (χ1) is 14.3. The molecule has 0 aliphatic carbocycles. The molecule has 0 unspecified atom stereocenters. The van der Waals surface area contributed by atoms with E-state index in [4.69, 9.17) is 0 Å². The van der Waals surface area contributed by atoms with Gasteiger partial charge in [0.1, 0.15) is 22.9 Å². The third-order valence-corrected chi connectivity index (χ3v) is 4.80. The van der Waals surface area contributed by atoms with Crippen LogP contribution in [0.25, 0.3) is 0 Å². The molecule has 1 atom stereocenters. The van der Waals surface area contributed by atoms with Gasteiger partial charge < -0.3 is 15.7 Å². The molecule has 0 bridgehead atoms. The Hall–Kier alpha value is -3.94. The fourth-order valence-electron chi connectivity index (χ4n) is 3.53. The predicted molar refractivity (Wildman–Crippen MR) is 110 cm³/mol. The number of fused-ring (bicyclic) bond motifs is 1. The Bertz CT molecular complexity index is 1160. The first kappa shape index (κ1) is 19.4. The van der Waals surface area contributed by atoms with Gasteiger partial charge in [0.2, 0.25) is 0 Å². The molecule has 2 aromatic carbocycles. The van der Waals surface area contributed by atoms with Gasteiger partial charge in [-0.3, -0.25) is 4.79 Å². The summed E-state index contributed by atoms with van der Waals surface area (Å²) in [6.45, 7) is 3.87. The molecular weight excluding hydrogens is 387 g/mol. The van der Waals surface area contributed by atoms with E-state index in [2.05, 4.69) is 15.7 Å². The summed E-state index contributed by atoms with van der Waals surface area (Å²) in [5.41, 5.74) is 3.41. The van der Waals surface area contributed by atoms with Gasteiger partial charge in [0.15, 0.2) is 0 Å². The molecule has 4 rings (SSSR count). The van der Waals surface area contributed by atoms with Crippen molar-refractivity contribution in [3.05, 3.63) is 88.5 Å². The molecule has 0 saturated heterocycles. The third-order valence-electron chi connectivity index (χ3n) is 4.80. The molecule has 1 aromatic heterocycles. The number of rotatable bonds is 4. The summed E-state index contributed by atoms with van der Waals surface area (Å²) in [6, 6.07) is 10.8. The van der Waals surface area contributed by atoms with Gasteiger partial charge in [-0.15, -0.1) is 0 Å². The minimum Gasteiger partial charge on any atom is -0.477 e. The van der Waals surface area contributed by atoms with Crippen LogP contribution in [0.3, 0.4) is 0 Å². The molecular formula is C22H19FN4O3. The lowest BCUT2D eigenvalue weighted by molar-refractivity contribution is -0.132. The van der Waals surface area contributed by atoms with Crippen molar-refractivity contribution in [2.24, 2.45) is 0 Å². The quantitative estimate of drug-likeness (QED) is 0.611. The highest BCUT2D eigenvalue weighted by molar-refractivity contribution is 6.08. The Morgan fingerprint density at radius 1 is 1.13 bits per heavy atom. The second-order valence-electron chi connectivity index (χ2n) is 7.19. The van der Waals surface area contributed by atoms with Gasteiger partial charge in [0, 0.05) is 5.69 Å². The molecule has 1 aliphatic rings. The molecule has 8 heteroatoms. The second kappa shape index (κ2) is 7.47. The zero-order valence-electron chi connectivity index (χ0n) is 16.3. The maximum Gasteiger partial charge on any atom is 0.352 e. The summed E-state index contributed by atoms with van der Waals surface area (Å²) in [6.07, 6.45) is 2.86. The summed E-state index contributed by atoms with van der Waals surface area (Å²) < 4.78 is 14.8. The number of carbonyl (C=O) groups excluding carboxylic acids is 1. The molecule has 0 saturated carbocycles. The summed E-state index contributed by atoms with van der Waals surface area (Å²) in [5, 5.41) is 19.4. The van der Waals surface area contributed by atoms with E-state index in [1.165, 1.54) is 29.1 Å². The van der Waals surface area contributed by atoms with E-state index in [-0.39, 0.29) is 17.1 Å². The predicted octanol–water partition coefficient (Wildman–Crippen LogP) is 3.87. The first-order valence-electron chi connectivity index (χ1n) is 9.26. The average molecular weight is 406 g/mol. The van der Waals surface area contributed by atoms with Crippen molar-refractivity contribution < 1.29 is 19.1 Å². The number of halogens is 1. The maximum atomic E-state index is 13.3. The normalized spacial score (nSPS) is 15.0. The number of nitrogens with zero attached hydrogens (tertiary/aromatic N) is 2. The molecule has 2 heterocycles. The standard InChI is InChI=1S/C22H19FN4O3/c1-12-7-13(2)9-16(8-12)25-21(28)17-11-24-27-19(14-3-5-15(23)6-4-14)10-18(22(29)30)26-20(17)27/h3-11,19,26H,1-2H3,(H,25,28)(H,29,30)/t19-/m1/s1. The molecule has 152 valence electrons. The van der Waals surface area contributed by atoms with E-state index in [1.807, 2.05) is 32.0 Å². The van der Waals surface area contributed by atoms with Crippen molar-refractivity contribution in [2.45, 2.75) is 19.9 Å². The highest BCUT2D eigenvalue weighted by atomic mass is 19.1. The van der Waals surface area contributed by atoms with E-state index < -0.39 is 23.7 Å². The van der Waals surface area contributed by atoms with Crippen LogP contribution < -0.4 is 10.6 Å². The largest absolute Gasteiger partial charge is 0.477 e. The van der Waals surface area contributed by atoms with Crippen LogP contribution in [0.4, 0.5) is 15.9 Å². The number of hydrogen-bond acceptors (Lipinski definition) is 4. The van der Waals surface area contributed by atoms with Crippen LogP contribution in [0.5, 0.6) is 0 Å². The fourth-order valence-corrected chi connectivity index (χ4v) is 3.53. The number of aliphatic carboxylic acids is 1. The van der Waals surface area contributed by atoms with Gasteiger partial charge in [0.25, 0.3) is 5.91 Å². The van der Waals surface area contributed by atoms with E-state index in [9.17, 15) is 19.1 Å². The Labute approximate surface area is 171 Å². The SMILES string of the molecule is Cc1cc(C)cc(NC(=O)c2cnn3c2NC(C(=O)O)=C[C@@H]3c2ccc(F)cc2)c1. The van der Waals surface area contributed by atoms with Crippen molar-refractivity contribution in [1.82, 2.24) is 9.78 Å². The Morgan fingerprint density at radius 3 is 2.43 bits per heavy atom. The number of aryl methyl sites for hydroxylation is 2. The van der Waals surface area contributed by atoms with Gasteiger partial charge in [-0.1, -0.05) is 18.2 Å². The Balaban J connectivity index is 1.71. The van der Waals surface area contributed by atoms with Crippen molar-refractivity contribution in [1.29, 1.82) is 0 Å². The van der Waals surface area contributed by atoms with Crippen LogP contribution in [0.15, 0.2) is 60.4 Å². The third kappa shape index (κ3) is 3.67. The minimum absolute atomic E-state index is 0.0854. The van der Waals surface area contributed by atoms with Gasteiger partial charge in [-0.25, -0.2) is 13.9 Å². The molecule has 0 radical (unpaired) electrons. The molecule has 3 N–H and O–H groups in total. The molecule has 1 amide bonds. The molecule has 0 fully saturated rings. The van der Waals surface area contributed by atoms with E-state index in [0.717, 1.165) is 11.1 Å². The van der Waals surface area contributed by atoms with Crippen molar-refractivity contribution in [3.8, 4) is 0 Å². The van der Waals surface area contributed by atoms with Crippen LogP contribution >= 0.6 is 0 Å². The summed E-state index contributed by atoms with van der Waals surface area (Å²) in [4.78, 5) is 24.6. The molecule has 30 heavy (non-hydrogen) atoms. The van der Waals surface area contributed by atoms with Crippen LogP contribution in [0, 0.1) is 19.7 Å². The number of aromatic nitrogens is 2. The van der Waals surface area contributed by atoms with Gasteiger partial charge in [-0.2, -0.15) is 5.10 Å². The summed E-state index contributed by atoms with van der Waals surface area (Å²) in [7, 11) is 0. The number of anilines is 2. The second-order valence-corrected chi connectivity index (χ2v) is 7.19. The summed E-state index contributed by atoms with van der Waals surface area (Å²) in [5.74, 6) is -1.73. The lowest BCUT2D eigenvalue weighted by atomic mass is 10.0. The molecule has 3 aromatic rings. The number of benzene rings is 2. The monoisotopic (exact) mass is 406 g/mol. The van der Waals surface area contributed by atoms with Crippen molar-refractivity contribution >= 4 is 23.4 Å². The number of carboxylic acid groups (broad SMARTS) is 1. The first-order valence-corrected chi connectivity index (χ1v) is 9.26. The van der Waals surface area contributed by atoms with E-state index >= 15 is 0 Å². The van der Waals surface area contributed by atoms with Crippen molar-refractivity contribution in [2.75, 3.05) is 10.6 Å². The van der Waals surface area contributed by atoms with E-state index in [0.29, 0.717) is 11.3 Å². The number of hydrogen-bond donors (Lipinski definition) is 3. The lowest BCUT2D eigenvalue weighted by Gasteiger charge is -2.24. The number of amides is 1. The smallest absolute Gasteiger partial charge is 0.352 e. The van der Waals surface area contributed by atoms with Crippen molar-refractivity contribution in [3.63, 3.8) is 0 Å². The van der Waals surface area contributed by atoms with E-state index in [1.54, 1.807) is 12.1 Å². The van der Waals surface area contributed by atoms with Gasteiger partial charge in [-0.05, 0) is 60.9 Å². The van der Waals surface area contributed by atoms with Crippen LogP contribution in [0.2, 0.25) is 0 Å². The molecule has 7 nitrogen and oxygen atoms in total. The Morgan fingerprint density at radius 2 is 1.80 bits per heavy atom. The van der Waals surface area contributed by atoms with Gasteiger partial charge >= 0.3 is 5.97 Å². The lowest BCUT2D eigenvalue weighted by Crippen LogP contribution is -2.25. The zero-order chi connectivity index (χ0) is 21.4. The topological polar surface area (TPSA) is 96.3 Å². The zero-order valence-corrected chi connectivity index (χ0v) is 16.3. The minimum atomic E-state index is -1.17. The number of carbonyl (C=O) groups is 2. The number of allylic oxidation sites excluding steroid dienone is 1. The summed E-state index contributed by atoms with van der Waals surface area (Å²) >= 11 is 0. The molecule has 1 aliphatic heterocycles. The van der Waals surface area contributed by atoms with Gasteiger partial charge in [0.05, 0.1) is 12.2 Å². The highest BCUT2D eigenvalue weighted by Crippen LogP contribution is 2.32. The van der Waals surface area contributed by atoms with Crippen LogP contribution in [0.1, 0.15) is 33.1 Å². The maximum absolute atomic E-state index is 13.3. The highest BCUT2D eigenvalue weighted by Gasteiger charge is 2.29. The Kier molecular flexibility index (Phi) is 4.83. The van der Waals surface area contributed by atoms with Crippen LogP contribution in [-0.4, -0.2) is 26.8 Å². The number of nitrogens with one attached hydrogen (secondary N) is 2. The van der Waals surface area contributed by atoms with Crippen LogP contribution in [-0.2, 0) is 4.79 Å². The number of carboxylic acids is 1.